The molecular weight excluding hydrogens is 479 g/mol. The van der Waals surface area contributed by atoms with E-state index in [-0.39, 0.29) is 30.0 Å². The lowest BCUT2D eigenvalue weighted by molar-refractivity contribution is 0.305. The molecule has 1 unspecified atom stereocenters. The largest absolute Gasteiger partial charge is 0.494 e. The van der Waals surface area contributed by atoms with Crippen molar-refractivity contribution < 1.29 is 4.74 Å². The van der Waals surface area contributed by atoms with Crippen molar-refractivity contribution in [1.29, 1.82) is 0 Å². The zero-order valence-electron chi connectivity index (χ0n) is 18.4. The zero-order chi connectivity index (χ0) is 20.5. The molecule has 29 heavy (non-hydrogen) atoms. The number of aryl methyl sites for hydroxylation is 1. The first-order chi connectivity index (χ1) is 13.4. The quantitative estimate of drug-likeness (QED) is 0.317. The predicted molar refractivity (Wildman–Crippen MR) is 130 cm³/mol. The van der Waals surface area contributed by atoms with Crippen LogP contribution in [0.1, 0.15) is 31.0 Å². The average molecular weight is 514 g/mol. The van der Waals surface area contributed by atoms with Gasteiger partial charge in [-0.05, 0) is 45.6 Å². The molecule has 1 N–H and O–H groups in total. The molecule has 8 heteroatoms. The smallest absolute Gasteiger partial charge is 0.194 e. The van der Waals surface area contributed by atoms with Gasteiger partial charge in [-0.1, -0.05) is 12.1 Å². The van der Waals surface area contributed by atoms with Crippen LogP contribution >= 0.6 is 24.0 Å². The Morgan fingerprint density at radius 2 is 1.90 bits per heavy atom. The molecule has 0 radical (unpaired) electrons. The van der Waals surface area contributed by atoms with Crippen LogP contribution in [0.5, 0.6) is 5.75 Å². The number of guanidine groups is 1. The predicted octanol–water partition coefficient (Wildman–Crippen LogP) is 3.14. The van der Waals surface area contributed by atoms with Gasteiger partial charge in [-0.3, -0.25) is 9.67 Å². The summed E-state index contributed by atoms with van der Waals surface area (Å²) < 4.78 is 7.35. The van der Waals surface area contributed by atoms with Gasteiger partial charge in [0.05, 0.1) is 25.4 Å². The van der Waals surface area contributed by atoms with Gasteiger partial charge in [0.1, 0.15) is 5.75 Å². The summed E-state index contributed by atoms with van der Waals surface area (Å²) in [5.74, 6) is 1.80. The van der Waals surface area contributed by atoms with E-state index in [1.54, 1.807) is 0 Å². The molecule has 1 atom stereocenters. The van der Waals surface area contributed by atoms with Gasteiger partial charge in [0.25, 0.3) is 0 Å². The number of rotatable bonds is 9. The standard InChI is InChI=1S/C21H34N6O.HI/c1-7-22-21(23-14-20(25(3)4)18-13-24-27(6)16-18)26(5)15-17-9-11-19(12-10-17)28-8-2;/h9-13,16,20H,7-8,14-15H2,1-6H3,(H,22,23);1H. The first kappa shape index (κ1) is 25.2. The third-order valence-electron chi connectivity index (χ3n) is 4.50. The molecule has 0 bridgehead atoms. The van der Waals surface area contributed by atoms with Crippen LogP contribution in [0.3, 0.4) is 0 Å². The summed E-state index contributed by atoms with van der Waals surface area (Å²) in [6.45, 7) is 7.02. The van der Waals surface area contributed by atoms with Crippen molar-refractivity contribution in [1.82, 2.24) is 24.9 Å². The summed E-state index contributed by atoms with van der Waals surface area (Å²) in [4.78, 5) is 9.22. The lowest BCUT2D eigenvalue weighted by Gasteiger charge is -2.25. The van der Waals surface area contributed by atoms with Crippen molar-refractivity contribution in [3.05, 3.63) is 47.8 Å². The highest BCUT2D eigenvalue weighted by Gasteiger charge is 2.16. The minimum absolute atomic E-state index is 0. The maximum absolute atomic E-state index is 5.52. The number of nitrogens with zero attached hydrogens (tertiary/aromatic N) is 5. The van der Waals surface area contributed by atoms with E-state index >= 15 is 0 Å². The Bertz CT molecular complexity index is 744. The zero-order valence-corrected chi connectivity index (χ0v) is 20.8. The average Bonchev–Trinajstić information content (AvgIpc) is 3.08. The van der Waals surface area contributed by atoms with Gasteiger partial charge >= 0.3 is 0 Å². The molecule has 2 rings (SSSR count). The van der Waals surface area contributed by atoms with E-state index in [1.807, 2.05) is 37.0 Å². The minimum Gasteiger partial charge on any atom is -0.494 e. The Balaban J connectivity index is 0.00000420. The van der Waals surface area contributed by atoms with Crippen molar-refractivity contribution in [3.63, 3.8) is 0 Å². The van der Waals surface area contributed by atoms with Crippen LogP contribution in [0.25, 0.3) is 0 Å². The number of hydrogen-bond donors (Lipinski definition) is 1. The molecule has 7 nitrogen and oxygen atoms in total. The molecule has 1 heterocycles. The van der Waals surface area contributed by atoms with Gasteiger partial charge in [-0.15, -0.1) is 24.0 Å². The number of aliphatic imine (C=N–C) groups is 1. The van der Waals surface area contributed by atoms with Crippen molar-refractivity contribution in [3.8, 4) is 5.75 Å². The van der Waals surface area contributed by atoms with Crippen LogP contribution in [0.2, 0.25) is 0 Å². The van der Waals surface area contributed by atoms with Crippen LogP contribution in [0, 0.1) is 0 Å². The second kappa shape index (κ2) is 12.7. The van der Waals surface area contributed by atoms with Crippen LogP contribution in [0.4, 0.5) is 0 Å². The van der Waals surface area contributed by atoms with E-state index in [4.69, 9.17) is 9.73 Å². The Kier molecular flexibility index (Phi) is 11.0. The van der Waals surface area contributed by atoms with Crippen molar-refractivity contribution in [2.24, 2.45) is 12.0 Å². The van der Waals surface area contributed by atoms with Gasteiger partial charge in [-0.2, -0.15) is 5.10 Å². The van der Waals surface area contributed by atoms with Crippen LogP contribution in [-0.2, 0) is 13.6 Å². The number of aromatic nitrogens is 2. The topological polar surface area (TPSA) is 57.9 Å². The monoisotopic (exact) mass is 514 g/mol. The molecule has 2 aromatic rings. The first-order valence-corrected chi connectivity index (χ1v) is 9.80. The van der Waals surface area contributed by atoms with E-state index in [1.165, 1.54) is 11.1 Å². The Morgan fingerprint density at radius 3 is 2.41 bits per heavy atom. The van der Waals surface area contributed by atoms with E-state index in [2.05, 4.69) is 66.6 Å². The van der Waals surface area contributed by atoms with E-state index in [0.717, 1.165) is 24.8 Å². The fraction of sp³-hybridized carbons (Fsp3) is 0.524. The second-order valence-electron chi connectivity index (χ2n) is 7.05. The van der Waals surface area contributed by atoms with Gasteiger partial charge < -0.3 is 19.9 Å². The summed E-state index contributed by atoms with van der Waals surface area (Å²) in [7, 11) is 8.15. The number of likely N-dealkylation sites (N-methyl/N-ethyl adjacent to an activating group) is 1. The first-order valence-electron chi connectivity index (χ1n) is 9.80. The Labute approximate surface area is 192 Å². The molecule has 1 aromatic carbocycles. The summed E-state index contributed by atoms with van der Waals surface area (Å²) in [5.41, 5.74) is 2.38. The Hall–Kier alpha value is -1.81. The highest BCUT2D eigenvalue weighted by Crippen LogP contribution is 2.18. The summed E-state index contributed by atoms with van der Waals surface area (Å²) in [6.07, 6.45) is 3.97. The lowest BCUT2D eigenvalue weighted by Crippen LogP contribution is -2.39. The maximum atomic E-state index is 5.52. The van der Waals surface area contributed by atoms with Crippen molar-refractivity contribution in [2.75, 3.05) is 40.8 Å². The molecular formula is C21H35IN6O. The molecule has 0 aliphatic heterocycles. The fourth-order valence-electron chi connectivity index (χ4n) is 3.03. The second-order valence-corrected chi connectivity index (χ2v) is 7.05. The van der Waals surface area contributed by atoms with Crippen molar-refractivity contribution >= 4 is 29.9 Å². The van der Waals surface area contributed by atoms with Gasteiger partial charge in [0.2, 0.25) is 0 Å². The highest BCUT2D eigenvalue weighted by molar-refractivity contribution is 14.0. The van der Waals surface area contributed by atoms with Crippen LogP contribution in [-0.4, -0.2) is 66.4 Å². The van der Waals surface area contributed by atoms with Gasteiger partial charge in [-0.25, -0.2) is 0 Å². The van der Waals surface area contributed by atoms with E-state index in [9.17, 15) is 0 Å². The summed E-state index contributed by atoms with van der Waals surface area (Å²) >= 11 is 0. The maximum Gasteiger partial charge on any atom is 0.194 e. The molecule has 0 fully saturated rings. The summed E-state index contributed by atoms with van der Waals surface area (Å²) in [5, 5.41) is 7.70. The highest BCUT2D eigenvalue weighted by atomic mass is 127. The van der Waals surface area contributed by atoms with Gasteiger partial charge in [0.15, 0.2) is 5.96 Å². The SMILES string of the molecule is CCNC(=NCC(c1cnn(C)c1)N(C)C)N(C)Cc1ccc(OCC)cc1.I. The van der Waals surface area contributed by atoms with E-state index < -0.39 is 0 Å². The molecule has 0 aliphatic rings. The van der Waals surface area contributed by atoms with Gasteiger partial charge in [0, 0.05) is 38.9 Å². The minimum atomic E-state index is 0. The molecule has 162 valence electrons. The number of ether oxygens (including phenoxy) is 1. The lowest BCUT2D eigenvalue weighted by atomic mass is 10.1. The molecule has 0 amide bonds. The molecule has 0 spiro atoms. The number of benzene rings is 1. The third-order valence-corrected chi connectivity index (χ3v) is 4.50. The van der Waals surface area contributed by atoms with E-state index in [0.29, 0.717) is 13.2 Å². The Morgan fingerprint density at radius 1 is 1.21 bits per heavy atom. The number of halogens is 1. The molecule has 0 saturated carbocycles. The fourth-order valence-corrected chi connectivity index (χ4v) is 3.03. The van der Waals surface area contributed by atoms with Crippen LogP contribution in [0.15, 0.2) is 41.7 Å². The van der Waals surface area contributed by atoms with Crippen molar-refractivity contribution in [2.45, 2.75) is 26.4 Å². The molecule has 0 saturated heterocycles. The summed E-state index contributed by atoms with van der Waals surface area (Å²) in [6, 6.07) is 8.41. The molecule has 1 aromatic heterocycles. The molecule has 0 aliphatic carbocycles. The third kappa shape index (κ3) is 7.85. The van der Waals surface area contributed by atoms with Crippen LogP contribution < -0.4 is 10.1 Å². The number of hydrogen-bond acceptors (Lipinski definition) is 4. The number of nitrogens with one attached hydrogen (secondary N) is 1. The normalized spacial score (nSPS) is 12.4.